The molecule has 0 atom stereocenters. The molecule has 574 valence electrons. The second kappa shape index (κ2) is 85.2. The minimum absolute atomic E-state index is 0.485. The van der Waals surface area contributed by atoms with Crippen LogP contribution >= 0.6 is 1100 Å². The second-order valence-corrected chi connectivity index (χ2v) is 1960. The topological polar surface area (TPSA) is 0 Å². The van der Waals surface area contributed by atoms with Gasteiger partial charge in [-0.05, 0) is 0 Å². The number of halogens is 82. The third-order valence-corrected chi connectivity index (χ3v) is 6450. The number of rotatable bonds is 39. The minimum atomic E-state index is -0.641. The Labute approximate surface area is 1030 Å². The monoisotopic (exact) mass is 10400 g/mol. The molecule has 0 bridgehead atoms. The third kappa shape index (κ3) is 57.9. The van der Waals surface area contributed by atoms with Crippen LogP contribution in [0.3, 0.4) is 0 Å². The van der Waals surface area contributed by atoms with Crippen molar-refractivity contribution in [3.05, 3.63) is 0 Å². The molecule has 0 aliphatic carbocycles. The third-order valence-electron chi connectivity index (χ3n) is 3.18. The van der Waals surface area contributed by atoms with Crippen LogP contribution in [0.4, 0.5) is 0 Å². The average molecular weight is 10400 g/mol. The molecule has 0 aromatic rings. The molecule has 0 amide bonds. The van der Waals surface area contributed by atoms with Crippen LogP contribution in [0.2, 0.25) is 0 Å². The molecule has 0 aromatic carbocycles. The predicted molar refractivity (Wildman–Crippen MR) is 1150 cm³/mol. The fourth-order valence-corrected chi connectivity index (χ4v) is 15900. The van der Waals surface area contributed by atoms with Gasteiger partial charge < -0.3 is 0 Å². The van der Waals surface area contributed by atoms with Crippen LogP contribution < -0.4 is 0 Å². The van der Waals surface area contributed by atoms with Crippen molar-refractivity contribution in [2.45, 2.75) is 0 Å². The molecule has 0 saturated heterocycles. The molecule has 0 spiro atoms. The Bertz CT molecular complexity index is 1530. The maximum absolute atomic E-state index is 3.46. The van der Waals surface area contributed by atoms with E-state index in [-0.39, 0.29) is 0 Å². The Morgan fingerprint density at radius 2 is 0.0976 bits per heavy atom. The normalized spacial score (nSPS) is 19.1. The number of hydrogen-bond donors (Lipinski definition) is 0. The average Bonchev–Trinajstić information content (AvgIpc) is 3.46. The van der Waals surface area contributed by atoms with Crippen molar-refractivity contribution in [2.24, 2.45) is 0 Å². The van der Waals surface area contributed by atoms with E-state index in [1.807, 2.05) is 0 Å². The molecule has 0 N–H and O–H groups in total. The van der Waals surface area contributed by atoms with E-state index < -0.39 is 316 Å². The van der Waals surface area contributed by atoms with Crippen LogP contribution in [0.15, 0.2) is 0 Å². The number of hydrogen-bond acceptors (Lipinski definition) is 0. The van der Waals surface area contributed by atoms with Gasteiger partial charge in [-0.25, -0.2) is 0 Å². The molecule has 0 unspecified atom stereocenters. The van der Waals surface area contributed by atoms with Gasteiger partial charge in [0.1, 0.15) is 0 Å². The van der Waals surface area contributed by atoms with Crippen LogP contribution in [0.5, 0.6) is 0 Å². The van der Waals surface area contributed by atoms with Crippen molar-refractivity contribution in [1.82, 2.24) is 0 Å². The van der Waals surface area contributed by atoms with E-state index in [9.17, 15) is 0 Å². The first-order chi connectivity index (χ1) is 37.2. The van der Waals surface area contributed by atoms with E-state index in [1.165, 1.54) is 0 Å². The van der Waals surface area contributed by atoms with Gasteiger partial charge in [-0.15, -0.1) is 0 Å². The standard InChI is InChI=1S/I82/c1-43(2)45(5)47(7)49(9)51(11)53(13)55(15)57(17)59(19)61(21)63(23)65(25)67(27)69(29)71(31)73(33)75(35)77(37)79(39)81(41)82(42)80(40)78(38)76(36)74(34)72(32)70(30)68(28)66(26)64(24)62(22)60(20)58(18)56(16)54(14)52(12)50(10)48(8)46(6)44(3)4. The summed E-state index contributed by atoms with van der Waals surface area (Å²) in [5.41, 5.74) is 0. The van der Waals surface area contributed by atoms with Crippen molar-refractivity contribution in [3.63, 3.8) is 0 Å². The summed E-state index contributed by atoms with van der Waals surface area (Å²) in [6, 6.07) is 0. The van der Waals surface area contributed by atoms with Crippen molar-refractivity contribution in [1.29, 1.82) is 0 Å². The summed E-state index contributed by atoms with van der Waals surface area (Å²) in [7, 11) is -23.7. The van der Waals surface area contributed by atoms with Gasteiger partial charge in [0, 0.05) is 0 Å². The maximum atomic E-state index is 3.46. The van der Waals surface area contributed by atoms with Crippen LogP contribution in [-0.2, 0) is 0 Å². The fraction of sp³-hybridized carbons (Fsp3) is 0. The summed E-state index contributed by atoms with van der Waals surface area (Å²) >= 11 is 141. The Balaban J connectivity index is 5.82. The van der Waals surface area contributed by atoms with E-state index in [0.717, 1.165) is 0 Å². The van der Waals surface area contributed by atoms with Crippen LogP contribution in [-0.4, -0.2) is 0 Å². The van der Waals surface area contributed by atoms with Gasteiger partial charge >= 0.3 is 1100 Å². The molecule has 0 nitrogen and oxygen atoms in total. The Hall–Kier alpha value is 59.9. The molecule has 0 aliphatic rings. The Kier molecular flexibility index (Phi) is 147. The van der Waals surface area contributed by atoms with Crippen LogP contribution in [0.25, 0.3) is 0 Å². The molecule has 0 saturated carbocycles. The first-order valence-electron chi connectivity index (χ1n) is 11.6. The molecule has 82 heavy (non-hydrogen) atoms. The first kappa shape index (κ1) is 142. The van der Waals surface area contributed by atoms with E-state index in [0.29, 0.717) is 0 Å². The van der Waals surface area contributed by atoms with Gasteiger partial charge in [-0.2, -0.15) is 0 Å². The first-order valence-corrected chi connectivity index (χ1v) is 521. The summed E-state index contributed by atoms with van der Waals surface area (Å²) in [5.74, 6) is 0. The zero-order valence-corrected chi connectivity index (χ0v) is 208. The van der Waals surface area contributed by atoms with E-state index in [4.69, 9.17) is 0 Å². The predicted octanol–water partition coefficient (Wildman–Crippen LogP) is 72.6. The fourth-order valence-electron chi connectivity index (χ4n) is 1.17. The van der Waals surface area contributed by atoms with Crippen molar-refractivity contribution >= 4 is 1100 Å². The molecular formula is I82. The molecule has 0 aromatic heterocycles. The second-order valence-electron chi connectivity index (χ2n) is 6.48. The van der Waals surface area contributed by atoms with E-state index >= 15 is 0 Å². The summed E-state index contributed by atoms with van der Waals surface area (Å²) < 4.78 is 0. The SMILES string of the molecule is II(I)I(I)I(I)I(I)I(I)I(I)I(I)I(I)I(I)I(I)I(I)I(I)I(I)I(I)I(I)I(I)I(I)I(I)I(I)I(I)I(I)I(I)I(I)I(I)I(I)I(I)I(I)I(I)I(I)I(I)I(I)I(I)I(I)I(I)I(I)I(I)I(I)I(I)I(I)I(I)I. The molecule has 82 heteroatoms. The van der Waals surface area contributed by atoms with Gasteiger partial charge in [-0.3, -0.25) is 0 Å². The van der Waals surface area contributed by atoms with Gasteiger partial charge in [0.25, 0.3) is 0 Å². The zero-order valence-electron chi connectivity index (χ0n) is 31.0. The van der Waals surface area contributed by atoms with Crippen molar-refractivity contribution in [3.8, 4) is 0 Å². The Morgan fingerprint density at radius 3 is 0.134 bits per heavy atom. The molecule has 0 radical (unpaired) electrons. The zero-order chi connectivity index (χ0) is 65.1. The molecule has 0 rings (SSSR count). The molecular weight excluding hydrogens is 10400 g/mol. The van der Waals surface area contributed by atoms with Crippen LogP contribution in [0.1, 0.15) is 0 Å². The molecule has 0 heterocycles. The Morgan fingerprint density at radius 1 is 0.0610 bits per heavy atom. The summed E-state index contributed by atoms with van der Waals surface area (Å²) in [6.07, 6.45) is 0. The van der Waals surface area contributed by atoms with Crippen molar-refractivity contribution in [2.75, 3.05) is 0 Å². The summed E-state index contributed by atoms with van der Waals surface area (Å²) in [5, 5.41) is 0. The van der Waals surface area contributed by atoms with Gasteiger partial charge in [0.2, 0.25) is 0 Å². The molecule has 0 fully saturated rings. The van der Waals surface area contributed by atoms with Crippen molar-refractivity contribution < 1.29 is 0 Å². The summed E-state index contributed by atoms with van der Waals surface area (Å²) in [4.78, 5) is 0. The summed E-state index contributed by atoms with van der Waals surface area (Å²) in [6.45, 7) is 0. The van der Waals surface area contributed by atoms with E-state index in [2.05, 4.69) is 782 Å². The van der Waals surface area contributed by atoms with Gasteiger partial charge in [0.05, 0.1) is 0 Å². The van der Waals surface area contributed by atoms with E-state index in [1.54, 1.807) is 0 Å². The van der Waals surface area contributed by atoms with Gasteiger partial charge in [-0.1, -0.05) is 0 Å². The van der Waals surface area contributed by atoms with Gasteiger partial charge in [0.15, 0.2) is 0 Å². The quantitative estimate of drug-likeness (QED) is 0.0538. The molecule has 0 aliphatic heterocycles. The van der Waals surface area contributed by atoms with Crippen LogP contribution in [0, 0.1) is 0 Å².